The molecule has 1 saturated heterocycles. The highest BCUT2D eigenvalue weighted by molar-refractivity contribution is 5.87. The van der Waals surface area contributed by atoms with Gasteiger partial charge in [-0.05, 0) is 24.5 Å². The van der Waals surface area contributed by atoms with Crippen molar-refractivity contribution in [2.45, 2.75) is 38.3 Å². The van der Waals surface area contributed by atoms with E-state index in [4.69, 9.17) is 0 Å². The van der Waals surface area contributed by atoms with E-state index in [1.54, 1.807) is 0 Å². The highest BCUT2D eigenvalue weighted by Gasteiger charge is 2.32. The van der Waals surface area contributed by atoms with Crippen molar-refractivity contribution in [3.63, 3.8) is 0 Å². The third kappa shape index (κ3) is 3.01. The van der Waals surface area contributed by atoms with Crippen molar-refractivity contribution in [1.82, 2.24) is 10.2 Å². The molecule has 2 heterocycles. The Kier molecular flexibility index (Phi) is 3.82. The SMILES string of the molecule is CC(=O)N[C@H]1CCCN(C(=O)[C@@H]2Cc3ccccc3N2)C1. The molecule has 0 unspecified atom stereocenters. The van der Waals surface area contributed by atoms with E-state index < -0.39 is 0 Å². The van der Waals surface area contributed by atoms with Gasteiger partial charge in [-0.2, -0.15) is 0 Å². The topological polar surface area (TPSA) is 61.4 Å². The number of carbonyl (C=O) groups excluding carboxylic acids is 2. The van der Waals surface area contributed by atoms with Crippen molar-refractivity contribution < 1.29 is 9.59 Å². The third-order valence-corrected chi connectivity index (χ3v) is 4.21. The quantitative estimate of drug-likeness (QED) is 0.858. The number of fused-ring (bicyclic) bond motifs is 1. The van der Waals surface area contributed by atoms with Crippen LogP contribution in [0.4, 0.5) is 5.69 Å². The zero-order valence-corrected chi connectivity index (χ0v) is 12.3. The first-order valence-corrected chi connectivity index (χ1v) is 7.54. The van der Waals surface area contributed by atoms with E-state index >= 15 is 0 Å². The maximum absolute atomic E-state index is 12.7. The van der Waals surface area contributed by atoms with Crippen LogP contribution in [0.15, 0.2) is 24.3 Å². The minimum Gasteiger partial charge on any atom is -0.373 e. The molecule has 5 heteroatoms. The van der Waals surface area contributed by atoms with Gasteiger partial charge in [0.15, 0.2) is 0 Å². The number of rotatable bonds is 2. The second-order valence-electron chi connectivity index (χ2n) is 5.88. The molecular formula is C16H21N3O2. The Morgan fingerprint density at radius 1 is 1.33 bits per heavy atom. The van der Waals surface area contributed by atoms with Gasteiger partial charge in [0.1, 0.15) is 6.04 Å². The van der Waals surface area contributed by atoms with Crippen molar-refractivity contribution >= 4 is 17.5 Å². The van der Waals surface area contributed by atoms with Crippen molar-refractivity contribution in [3.8, 4) is 0 Å². The summed E-state index contributed by atoms with van der Waals surface area (Å²) in [7, 11) is 0. The van der Waals surface area contributed by atoms with Gasteiger partial charge in [0, 0.05) is 38.2 Å². The normalized spacial score (nSPS) is 24.1. The number of para-hydroxylation sites is 1. The van der Waals surface area contributed by atoms with Gasteiger partial charge in [0.25, 0.3) is 0 Å². The van der Waals surface area contributed by atoms with Crippen LogP contribution in [0.2, 0.25) is 0 Å². The van der Waals surface area contributed by atoms with Gasteiger partial charge >= 0.3 is 0 Å². The van der Waals surface area contributed by atoms with E-state index in [-0.39, 0.29) is 23.9 Å². The lowest BCUT2D eigenvalue weighted by Crippen LogP contribution is -2.52. The summed E-state index contributed by atoms with van der Waals surface area (Å²) in [6, 6.07) is 7.97. The molecule has 0 saturated carbocycles. The first-order chi connectivity index (χ1) is 10.1. The fourth-order valence-electron chi connectivity index (χ4n) is 3.25. The zero-order chi connectivity index (χ0) is 14.8. The summed E-state index contributed by atoms with van der Waals surface area (Å²) >= 11 is 0. The van der Waals surface area contributed by atoms with E-state index in [1.807, 2.05) is 23.1 Å². The van der Waals surface area contributed by atoms with Gasteiger partial charge in [-0.15, -0.1) is 0 Å². The van der Waals surface area contributed by atoms with Crippen molar-refractivity contribution in [3.05, 3.63) is 29.8 Å². The van der Waals surface area contributed by atoms with Crippen LogP contribution < -0.4 is 10.6 Å². The number of amides is 2. The molecule has 0 aromatic heterocycles. The lowest BCUT2D eigenvalue weighted by molar-refractivity contribution is -0.134. The summed E-state index contributed by atoms with van der Waals surface area (Å²) < 4.78 is 0. The number of hydrogen-bond acceptors (Lipinski definition) is 3. The average Bonchev–Trinajstić information content (AvgIpc) is 2.90. The van der Waals surface area contributed by atoms with Crippen LogP contribution in [0.25, 0.3) is 0 Å². The van der Waals surface area contributed by atoms with Crippen molar-refractivity contribution in [2.75, 3.05) is 18.4 Å². The predicted molar refractivity (Wildman–Crippen MR) is 81.0 cm³/mol. The number of benzene rings is 1. The van der Waals surface area contributed by atoms with E-state index in [2.05, 4.69) is 16.7 Å². The zero-order valence-electron chi connectivity index (χ0n) is 12.3. The molecule has 0 bridgehead atoms. The molecule has 5 nitrogen and oxygen atoms in total. The lowest BCUT2D eigenvalue weighted by atomic mass is 10.0. The van der Waals surface area contributed by atoms with Crippen molar-refractivity contribution in [1.29, 1.82) is 0 Å². The molecule has 0 aliphatic carbocycles. The molecule has 2 N–H and O–H groups in total. The molecule has 3 rings (SSSR count). The summed E-state index contributed by atoms with van der Waals surface area (Å²) in [6.07, 6.45) is 2.63. The first kappa shape index (κ1) is 13.9. The lowest BCUT2D eigenvalue weighted by Gasteiger charge is -2.34. The molecule has 2 aliphatic heterocycles. The van der Waals surface area contributed by atoms with Gasteiger partial charge in [0.05, 0.1) is 0 Å². The fraction of sp³-hybridized carbons (Fsp3) is 0.500. The van der Waals surface area contributed by atoms with E-state index in [9.17, 15) is 9.59 Å². The number of likely N-dealkylation sites (tertiary alicyclic amines) is 1. The van der Waals surface area contributed by atoms with Crippen molar-refractivity contribution in [2.24, 2.45) is 0 Å². The Bertz CT molecular complexity index is 533. The molecular weight excluding hydrogens is 266 g/mol. The fourth-order valence-corrected chi connectivity index (χ4v) is 3.25. The number of nitrogens with one attached hydrogen (secondary N) is 2. The molecule has 1 aromatic carbocycles. The minimum absolute atomic E-state index is 0.0271. The predicted octanol–water partition coefficient (Wildman–Crippen LogP) is 1.15. The van der Waals surface area contributed by atoms with Crippen LogP contribution in [0, 0.1) is 0 Å². The molecule has 1 aromatic rings. The van der Waals surface area contributed by atoms with Crippen LogP contribution in [-0.4, -0.2) is 41.9 Å². The molecule has 1 fully saturated rings. The highest BCUT2D eigenvalue weighted by Crippen LogP contribution is 2.26. The van der Waals surface area contributed by atoms with Gasteiger partial charge in [-0.25, -0.2) is 0 Å². The largest absolute Gasteiger partial charge is 0.373 e. The molecule has 0 spiro atoms. The maximum atomic E-state index is 12.7. The van der Waals surface area contributed by atoms with Crippen LogP contribution in [0.1, 0.15) is 25.3 Å². The first-order valence-electron chi connectivity index (χ1n) is 7.54. The summed E-state index contributed by atoms with van der Waals surface area (Å²) in [5.41, 5.74) is 2.26. The number of carbonyl (C=O) groups is 2. The number of nitrogens with zero attached hydrogens (tertiary/aromatic N) is 1. The summed E-state index contributed by atoms with van der Waals surface area (Å²) in [5.74, 6) is 0.113. The molecule has 2 amide bonds. The maximum Gasteiger partial charge on any atom is 0.245 e. The molecule has 21 heavy (non-hydrogen) atoms. The van der Waals surface area contributed by atoms with Crippen LogP contribution in [0.3, 0.4) is 0 Å². The summed E-state index contributed by atoms with van der Waals surface area (Å²) in [5, 5.41) is 6.23. The standard InChI is InChI=1S/C16H21N3O2/c1-11(20)17-13-6-4-8-19(10-13)16(21)15-9-12-5-2-3-7-14(12)18-15/h2-3,5,7,13,15,18H,4,6,8-10H2,1H3,(H,17,20)/t13-,15-/m0/s1. The number of piperidine rings is 1. The molecule has 0 radical (unpaired) electrons. The van der Waals surface area contributed by atoms with E-state index in [0.29, 0.717) is 6.54 Å². The Morgan fingerprint density at radius 3 is 2.90 bits per heavy atom. The van der Waals surface area contributed by atoms with Gasteiger partial charge < -0.3 is 15.5 Å². The van der Waals surface area contributed by atoms with Gasteiger partial charge in [0.2, 0.25) is 11.8 Å². The molecule has 2 atom stereocenters. The second kappa shape index (κ2) is 5.76. The highest BCUT2D eigenvalue weighted by atomic mass is 16.2. The third-order valence-electron chi connectivity index (χ3n) is 4.21. The Labute approximate surface area is 124 Å². The summed E-state index contributed by atoms with van der Waals surface area (Å²) in [6.45, 7) is 2.92. The smallest absolute Gasteiger partial charge is 0.245 e. The molecule has 2 aliphatic rings. The summed E-state index contributed by atoms with van der Waals surface area (Å²) in [4.78, 5) is 25.7. The second-order valence-corrected chi connectivity index (χ2v) is 5.88. The Hall–Kier alpha value is -2.04. The van der Waals surface area contributed by atoms with Gasteiger partial charge in [-0.1, -0.05) is 18.2 Å². The molecule has 112 valence electrons. The van der Waals surface area contributed by atoms with Crippen LogP contribution >= 0.6 is 0 Å². The number of anilines is 1. The monoisotopic (exact) mass is 287 g/mol. The Morgan fingerprint density at radius 2 is 2.14 bits per heavy atom. The average molecular weight is 287 g/mol. The minimum atomic E-state index is -0.168. The number of hydrogen-bond donors (Lipinski definition) is 2. The van der Waals surface area contributed by atoms with Crippen LogP contribution in [0.5, 0.6) is 0 Å². The van der Waals surface area contributed by atoms with Gasteiger partial charge in [-0.3, -0.25) is 9.59 Å². The van der Waals surface area contributed by atoms with E-state index in [1.165, 1.54) is 12.5 Å². The Balaban J connectivity index is 1.62. The van der Waals surface area contributed by atoms with E-state index in [0.717, 1.165) is 31.5 Å². The van der Waals surface area contributed by atoms with Crippen LogP contribution in [-0.2, 0) is 16.0 Å².